The van der Waals surface area contributed by atoms with Gasteiger partial charge in [-0.2, -0.15) is 0 Å². The molecule has 6 nitrogen and oxygen atoms in total. The van der Waals surface area contributed by atoms with E-state index in [1.165, 1.54) is 0 Å². The Morgan fingerprint density at radius 1 is 1.23 bits per heavy atom. The van der Waals surface area contributed by atoms with Gasteiger partial charge in [0, 0.05) is 12.2 Å². The summed E-state index contributed by atoms with van der Waals surface area (Å²) in [7, 11) is 0. The van der Waals surface area contributed by atoms with Gasteiger partial charge in [0.25, 0.3) is 5.91 Å². The van der Waals surface area contributed by atoms with Crippen molar-refractivity contribution in [3.63, 3.8) is 0 Å². The Labute approximate surface area is 163 Å². The molecule has 1 aromatic carbocycles. The van der Waals surface area contributed by atoms with Crippen LogP contribution in [0.15, 0.2) is 35.1 Å². The van der Waals surface area contributed by atoms with Crippen molar-refractivity contribution in [2.45, 2.75) is 31.7 Å². The Balaban J connectivity index is 1.64. The number of carbonyl (C=O) groups excluding carboxylic acids is 1. The fraction of sp³-hybridized carbons (Fsp3) is 0.368. The number of amides is 1. The summed E-state index contributed by atoms with van der Waals surface area (Å²) in [5.74, 6) is 0.00714. The van der Waals surface area contributed by atoms with E-state index in [1.54, 1.807) is 4.90 Å². The molecule has 3 aliphatic heterocycles. The van der Waals surface area contributed by atoms with E-state index in [1.807, 2.05) is 34.9 Å². The van der Waals surface area contributed by atoms with E-state index in [4.69, 9.17) is 9.47 Å². The van der Waals surface area contributed by atoms with Gasteiger partial charge in [-0.3, -0.25) is 9.59 Å². The topological polar surface area (TPSA) is 60.8 Å². The second-order valence-corrected chi connectivity index (χ2v) is 7.86. The van der Waals surface area contributed by atoms with Gasteiger partial charge < -0.3 is 18.9 Å². The van der Waals surface area contributed by atoms with Crippen molar-refractivity contribution in [1.29, 1.82) is 0 Å². The zero-order valence-electron chi connectivity index (χ0n) is 14.0. The van der Waals surface area contributed by atoms with E-state index in [0.717, 1.165) is 24.1 Å². The summed E-state index contributed by atoms with van der Waals surface area (Å²) in [4.78, 5) is 27.8. The third kappa shape index (κ3) is 2.26. The van der Waals surface area contributed by atoms with E-state index in [9.17, 15) is 9.59 Å². The van der Waals surface area contributed by atoms with Crippen LogP contribution in [0.4, 0.5) is 0 Å². The van der Waals surface area contributed by atoms with Crippen LogP contribution in [-0.4, -0.2) is 34.8 Å². The molecule has 1 amide bonds. The van der Waals surface area contributed by atoms with E-state index in [0.29, 0.717) is 22.4 Å². The van der Waals surface area contributed by atoms with Crippen LogP contribution in [0.5, 0.6) is 5.75 Å². The summed E-state index contributed by atoms with van der Waals surface area (Å²) in [5, 5.41) is 0. The molecule has 5 rings (SSSR count). The summed E-state index contributed by atoms with van der Waals surface area (Å²) in [6, 6.07) is 9.73. The summed E-state index contributed by atoms with van der Waals surface area (Å²) in [6.45, 7) is 1.36. The molecule has 4 heterocycles. The molecule has 0 aliphatic carbocycles. The number of pyridine rings is 1. The quantitative estimate of drug-likeness (QED) is 0.655. The molecule has 134 valence electrons. The van der Waals surface area contributed by atoms with Crippen molar-refractivity contribution < 1.29 is 14.3 Å². The molecule has 0 bridgehead atoms. The molecule has 0 saturated carbocycles. The molecular weight excluding hydrogens is 447 g/mol. The van der Waals surface area contributed by atoms with Crippen LogP contribution < -0.4 is 10.2 Å². The highest BCUT2D eigenvalue weighted by Gasteiger charge is 2.48. The van der Waals surface area contributed by atoms with E-state index < -0.39 is 0 Å². The molecule has 1 fully saturated rings. The van der Waals surface area contributed by atoms with Gasteiger partial charge >= 0.3 is 0 Å². The number of benzene rings is 1. The fourth-order valence-corrected chi connectivity index (χ4v) is 4.97. The van der Waals surface area contributed by atoms with Crippen LogP contribution in [0.3, 0.4) is 0 Å². The van der Waals surface area contributed by atoms with Crippen LogP contribution in [0, 0.1) is 3.57 Å². The third-order valence-corrected chi connectivity index (χ3v) is 6.47. The van der Waals surface area contributed by atoms with Crippen molar-refractivity contribution in [2.24, 2.45) is 0 Å². The highest BCUT2D eigenvalue weighted by molar-refractivity contribution is 14.1. The molecule has 2 aromatic rings. The van der Waals surface area contributed by atoms with Crippen molar-refractivity contribution in [1.82, 2.24) is 9.47 Å². The first kappa shape index (κ1) is 16.3. The smallest absolute Gasteiger partial charge is 0.276 e. The Bertz CT molecular complexity index is 956. The molecule has 2 unspecified atom stereocenters. The lowest BCUT2D eigenvalue weighted by molar-refractivity contribution is -0.0126. The summed E-state index contributed by atoms with van der Waals surface area (Å²) < 4.78 is 14.4. The minimum absolute atomic E-state index is 0.0633. The number of carbonyl (C=O) groups is 1. The Morgan fingerprint density at radius 2 is 2.04 bits per heavy atom. The fourth-order valence-electron chi connectivity index (χ4n) is 4.19. The summed E-state index contributed by atoms with van der Waals surface area (Å²) in [5.41, 5.74) is 2.11. The van der Waals surface area contributed by atoms with Crippen LogP contribution >= 0.6 is 22.6 Å². The number of aromatic nitrogens is 1. The average molecular weight is 464 g/mol. The molecule has 7 heteroatoms. The maximum absolute atomic E-state index is 13.1. The molecule has 0 radical (unpaired) electrons. The van der Waals surface area contributed by atoms with E-state index >= 15 is 0 Å². The summed E-state index contributed by atoms with van der Waals surface area (Å²) >= 11 is 2.09. The lowest BCUT2D eigenvalue weighted by Gasteiger charge is -2.36. The van der Waals surface area contributed by atoms with Crippen LogP contribution in [-0.2, 0) is 17.8 Å². The van der Waals surface area contributed by atoms with Gasteiger partial charge in [0.2, 0.25) is 5.43 Å². The van der Waals surface area contributed by atoms with E-state index in [2.05, 4.69) is 22.6 Å². The molecule has 0 N–H and O–H groups in total. The Hall–Kier alpha value is -1.87. The second kappa shape index (κ2) is 6.09. The number of hydrogen-bond acceptors (Lipinski definition) is 4. The second-order valence-electron chi connectivity index (χ2n) is 6.78. The first-order valence-electron chi connectivity index (χ1n) is 8.73. The maximum Gasteiger partial charge on any atom is 0.276 e. The number of nitrogens with zero attached hydrogens (tertiary/aromatic N) is 2. The van der Waals surface area contributed by atoms with Gasteiger partial charge in [0.15, 0.2) is 17.7 Å². The monoisotopic (exact) mass is 464 g/mol. The third-order valence-electron chi connectivity index (χ3n) is 5.36. The lowest BCUT2D eigenvalue weighted by atomic mass is 10.1. The Kier molecular flexibility index (Phi) is 3.82. The first-order valence-corrected chi connectivity index (χ1v) is 9.81. The molecular formula is C19H17IN2O4. The van der Waals surface area contributed by atoms with Crippen LogP contribution in [0.25, 0.3) is 0 Å². The SMILES string of the molecule is O=C1c2c(OCc3ccccc3)c(=O)c(I)c3n2C(CC3)C2OCCN12. The highest BCUT2D eigenvalue weighted by atomic mass is 127. The molecule has 26 heavy (non-hydrogen) atoms. The van der Waals surface area contributed by atoms with Gasteiger partial charge in [-0.05, 0) is 41.0 Å². The molecule has 2 atom stereocenters. The normalized spacial score (nSPS) is 23.1. The minimum Gasteiger partial charge on any atom is -0.483 e. The predicted molar refractivity (Wildman–Crippen MR) is 102 cm³/mol. The van der Waals surface area contributed by atoms with Crippen molar-refractivity contribution >= 4 is 28.5 Å². The average Bonchev–Trinajstić information content (AvgIpc) is 3.30. The van der Waals surface area contributed by atoms with Crippen LogP contribution in [0.1, 0.15) is 34.2 Å². The predicted octanol–water partition coefficient (Wildman–Crippen LogP) is 2.33. The van der Waals surface area contributed by atoms with Crippen molar-refractivity contribution in [3.05, 3.63) is 61.1 Å². The van der Waals surface area contributed by atoms with E-state index in [-0.39, 0.29) is 36.0 Å². The first-order chi connectivity index (χ1) is 12.7. The number of halogens is 1. The number of fused-ring (bicyclic) bond motifs is 2. The molecule has 3 aliphatic rings. The zero-order valence-corrected chi connectivity index (χ0v) is 16.1. The van der Waals surface area contributed by atoms with Gasteiger partial charge in [0.05, 0.1) is 16.2 Å². The highest BCUT2D eigenvalue weighted by Crippen LogP contribution is 2.42. The van der Waals surface area contributed by atoms with Gasteiger partial charge in [-0.25, -0.2) is 0 Å². The standard InChI is InChI=1S/C19H17IN2O4/c20-14-12-6-7-13-19-21(8-9-25-19)18(24)15(22(12)13)17(16(14)23)26-10-11-4-2-1-3-5-11/h1-5,13,19H,6-10H2. The van der Waals surface area contributed by atoms with Gasteiger partial charge in [0.1, 0.15) is 6.61 Å². The minimum atomic E-state index is -0.225. The molecule has 1 aromatic heterocycles. The van der Waals surface area contributed by atoms with Crippen LogP contribution in [0.2, 0.25) is 0 Å². The van der Waals surface area contributed by atoms with Crippen molar-refractivity contribution in [3.8, 4) is 5.75 Å². The van der Waals surface area contributed by atoms with Gasteiger partial charge in [-0.1, -0.05) is 30.3 Å². The number of rotatable bonds is 3. The van der Waals surface area contributed by atoms with Gasteiger partial charge in [-0.15, -0.1) is 0 Å². The summed E-state index contributed by atoms with van der Waals surface area (Å²) in [6.07, 6.45) is 1.43. The lowest BCUT2D eigenvalue weighted by Crippen LogP contribution is -2.48. The molecule has 1 saturated heterocycles. The largest absolute Gasteiger partial charge is 0.483 e. The maximum atomic E-state index is 13.1. The van der Waals surface area contributed by atoms with Crippen molar-refractivity contribution in [2.75, 3.05) is 13.2 Å². The number of ether oxygens (including phenoxy) is 2. The Morgan fingerprint density at radius 3 is 2.85 bits per heavy atom. The molecule has 0 spiro atoms. The number of hydrogen-bond donors (Lipinski definition) is 0. The zero-order chi connectivity index (χ0) is 17.8.